The Kier molecular flexibility index (Phi) is 8.00. The number of hydrogen-bond acceptors (Lipinski definition) is 6. The van der Waals surface area contributed by atoms with E-state index in [9.17, 15) is 4.79 Å². The molecular weight excluding hydrogens is 426 g/mol. The van der Waals surface area contributed by atoms with Crippen molar-refractivity contribution in [1.29, 1.82) is 0 Å². The third-order valence-electron chi connectivity index (χ3n) is 7.35. The highest BCUT2D eigenvalue weighted by Crippen LogP contribution is 2.53. The standard InChI is InChI=1S/C23H33NO3.C2H2O4/c1-15-6-4-10-23(3)13-21-18(12-20(15)23)19(22(25)27-21)14-24-16(2)8-9-17-7-5-11-26-17;3-1(4)2(5)6/h5,7,11-12,15-16,18-19,21,24H,4,6,8-10,13-14H2,1-3H3;(H,3,4)(H,5,6)/t15-,16?,18+,19?,21+,23+;/m0./s1. The third-order valence-corrected chi connectivity index (χ3v) is 7.35. The summed E-state index contributed by atoms with van der Waals surface area (Å²) in [6.07, 6.45) is 10.9. The number of rotatable bonds is 6. The third kappa shape index (κ3) is 6.05. The first kappa shape index (κ1) is 25.0. The van der Waals surface area contributed by atoms with Gasteiger partial charge in [0, 0.05) is 24.9 Å². The highest BCUT2D eigenvalue weighted by Gasteiger charge is 2.51. The van der Waals surface area contributed by atoms with Gasteiger partial charge in [-0.1, -0.05) is 31.9 Å². The summed E-state index contributed by atoms with van der Waals surface area (Å²) in [6, 6.07) is 4.29. The molecule has 3 N–H and O–H groups in total. The quantitative estimate of drug-likeness (QED) is 0.333. The second kappa shape index (κ2) is 10.5. The summed E-state index contributed by atoms with van der Waals surface area (Å²) >= 11 is 0. The molecule has 8 heteroatoms. The van der Waals surface area contributed by atoms with Gasteiger partial charge in [-0.05, 0) is 56.1 Å². The second-order valence-electron chi connectivity index (χ2n) is 9.88. The minimum atomic E-state index is -1.82. The van der Waals surface area contributed by atoms with E-state index in [4.69, 9.17) is 29.0 Å². The average molecular weight is 462 g/mol. The summed E-state index contributed by atoms with van der Waals surface area (Å²) in [5, 5.41) is 18.4. The van der Waals surface area contributed by atoms with Gasteiger partial charge in [-0.15, -0.1) is 0 Å². The van der Waals surface area contributed by atoms with Crippen LogP contribution in [0.3, 0.4) is 0 Å². The fourth-order valence-corrected chi connectivity index (χ4v) is 5.53. The van der Waals surface area contributed by atoms with Gasteiger partial charge in [0.15, 0.2) is 0 Å². The highest BCUT2D eigenvalue weighted by molar-refractivity contribution is 6.27. The number of aryl methyl sites for hydroxylation is 1. The molecule has 2 unspecified atom stereocenters. The van der Waals surface area contributed by atoms with Gasteiger partial charge in [-0.2, -0.15) is 0 Å². The lowest BCUT2D eigenvalue weighted by Gasteiger charge is -2.46. The van der Waals surface area contributed by atoms with Crippen molar-refractivity contribution in [2.24, 2.45) is 23.2 Å². The van der Waals surface area contributed by atoms with Crippen LogP contribution < -0.4 is 5.32 Å². The van der Waals surface area contributed by atoms with Gasteiger partial charge < -0.3 is 24.7 Å². The van der Waals surface area contributed by atoms with E-state index in [1.54, 1.807) is 11.8 Å². The fourth-order valence-electron chi connectivity index (χ4n) is 5.53. The predicted molar refractivity (Wildman–Crippen MR) is 120 cm³/mol. The maximum atomic E-state index is 12.6. The molecule has 0 radical (unpaired) electrons. The number of aliphatic carboxylic acids is 2. The lowest BCUT2D eigenvalue weighted by atomic mass is 9.59. The van der Waals surface area contributed by atoms with E-state index in [0.717, 1.165) is 25.0 Å². The van der Waals surface area contributed by atoms with Crippen LogP contribution in [0, 0.1) is 23.2 Å². The highest BCUT2D eigenvalue weighted by atomic mass is 16.6. The molecule has 1 saturated heterocycles. The molecule has 2 heterocycles. The van der Waals surface area contributed by atoms with Crippen molar-refractivity contribution in [1.82, 2.24) is 5.32 Å². The molecular formula is C25H35NO7. The van der Waals surface area contributed by atoms with Crippen molar-refractivity contribution in [2.75, 3.05) is 6.54 Å². The van der Waals surface area contributed by atoms with Gasteiger partial charge in [0.1, 0.15) is 11.9 Å². The van der Waals surface area contributed by atoms with Gasteiger partial charge in [0.05, 0.1) is 12.2 Å². The molecule has 182 valence electrons. The Labute approximate surface area is 194 Å². The van der Waals surface area contributed by atoms with Crippen LogP contribution in [-0.4, -0.2) is 46.8 Å². The van der Waals surface area contributed by atoms with Crippen LogP contribution in [-0.2, 0) is 25.5 Å². The van der Waals surface area contributed by atoms with Crippen LogP contribution >= 0.6 is 0 Å². The van der Waals surface area contributed by atoms with Crippen LogP contribution in [0.4, 0.5) is 0 Å². The first-order valence-corrected chi connectivity index (χ1v) is 11.8. The molecule has 6 atom stereocenters. The van der Waals surface area contributed by atoms with Crippen molar-refractivity contribution in [3.63, 3.8) is 0 Å². The van der Waals surface area contributed by atoms with E-state index in [2.05, 4.69) is 32.2 Å². The Morgan fingerprint density at radius 1 is 1.30 bits per heavy atom. The largest absolute Gasteiger partial charge is 0.473 e. The van der Waals surface area contributed by atoms with E-state index < -0.39 is 11.9 Å². The van der Waals surface area contributed by atoms with Crippen LogP contribution in [0.15, 0.2) is 34.5 Å². The number of allylic oxidation sites excluding steroid dienone is 1. The van der Waals surface area contributed by atoms with Crippen molar-refractivity contribution in [2.45, 2.75) is 71.4 Å². The Bertz CT molecular complexity index is 865. The predicted octanol–water partition coefficient (Wildman–Crippen LogP) is 3.66. The Hall–Kier alpha value is -2.61. The van der Waals surface area contributed by atoms with Crippen LogP contribution in [0.1, 0.15) is 58.6 Å². The molecule has 8 nitrogen and oxygen atoms in total. The van der Waals surface area contributed by atoms with Gasteiger partial charge >= 0.3 is 17.9 Å². The summed E-state index contributed by atoms with van der Waals surface area (Å²) in [7, 11) is 0. The number of ether oxygens (including phenoxy) is 1. The monoisotopic (exact) mass is 461 g/mol. The zero-order valence-electron chi connectivity index (χ0n) is 19.6. The summed E-state index contributed by atoms with van der Waals surface area (Å²) in [6.45, 7) is 7.61. The molecule has 1 saturated carbocycles. The lowest BCUT2D eigenvalue weighted by Crippen LogP contribution is -2.41. The average Bonchev–Trinajstić information content (AvgIpc) is 3.36. The molecule has 0 aromatic carbocycles. The summed E-state index contributed by atoms with van der Waals surface area (Å²) < 4.78 is 11.2. The Balaban J connectivity index is 0.000000454. The molecule has 2 fully saturated rings. The number of esters is 1. The second-order valence-corrected chi connectivity index (χ2v) is 9.88. The molecule has 1 aromatic heterocycles. The zero-order chi connectivity index (χ0) is 24.2. The molecule has 4 rings (SSSR count). The normalized spacial score (nSPS) is 31.2. The molecule has 33 heavy (non-hydrogen) atoms. The SMILES string of the molecule is CC(CCc1ccco1)NCC1C(=O)O[C@@H]2C[C@@]3(C)CCC[C@H](C)C3=C[C@H]12.O=C(O)C(=O)O. The Morgan fingerprint density at radius 3 is 2.67 bits per heavy atom. The maximum Gasteiger partial charge on any atom is 0.414 e. The molecule has 1 aromatic rings. The van der Waals surface area contributed by atoms with Gasteiger partial charge in [-0.25, -0.2) is 9.59 Å². The number of carboxylic acid groups (broad SMARTS) is 2. The number of carbonyl (C=O) groups is 3. The number of fused-ring (bicyclic) bond motifs is 2. The van der Waals surface area contributed by atoms with E-state index in [1.165, 1.54) is 19.3 Å². The number of carbonyl (C=O) groups excluding carboxylic acids is 1. The van der Waals surface area contributed by atoms with E-state index >= 15 is 0 Å². The van der Waals surface area contributed by atoms with Crippen molar-refractivity contribution < 1.29 is 33.8 Å². The smallest absolute Gasteiger partial charge is 0.414 e. The number of nitrogens with one attached hydrogen (secondary N) is 1. The lowest BCUT2D eigenvalue weighted by molar-refractivity contribution is -0.159. The molecule has 0 spiro atoms. The van der Waals surface area contributed by atoms with Gasteiger partial charge in [0.2, 0.25) is 0 Å². The van der Waals surface area contributed by atoms with E-state index in [0.29, 0.717) is 18.5 Å². The molecule has 1 aliphatic heterocycles. The summed E-state index contributed by atoms with van der Waals surface area (Å²) in [4.78, 5) is 30.8. The topological polar surface area (TPSA) is 126 Å². The zero-order valence-corrected chi connectivity index (χ0v) is 19.6. The maximum absolute atomic E-state index is 12.6. The van der Waals surface area contributed by atoms with E-state index in [-0.39, 0.29) is 29.3 Å². The van der Waals surface area contributed by atoms with Gasteiger partial charge in [-0.3, -0.25) is 4.79 Å². The van der Waals surface area contributed by atoms with Crippen molar-refractivity contribution in [3.8, 4) is 0 Å². The van der Waals surface area contributed by atoms with Gasteiger partial charge in [0.25, 0.3) is 0 Å². The van der Waals surface area contributed by atoms with E-state index in [1.807, 2.05) is 12.1 Å². The number of furan rings is 1. The molecule has 2 aliphatic carbocycles. The van der Waals surface area contributed by atoms with Crippen LogP contribution in [0.5, 0.6) is 0 Å². The van der Waals surface area contributed by atoms with Crippen LogP contribution in [0.25, 0.3) is 0 Å². The Morgan fingerprint density at radius 2 is 2.03 bits per heavy atom. The van der Waals surface area contributed by atoms with Crippen molar-refractivity contribution >= 4 is 17.9 Å². The first-order valence-electron chi connectivity index (χ1n) is 11.8. The van der Waals surface area contributed by atoms with Crippen molar-refractivity contribution in [3.05, 3.63) is 35.8 Å². The number of carboxylic acids is 2. The molecule has 0 amide bonds. The minimum Gasteiger partial charge on any atom is -0.473 e. The summed E-state index contributed by atoms with van der Waals surface area (Å²) in [5.74, 6) is -1.81. The van der Waals surface area contributed by atoms with Crippen LogP contribution in [0.2, 0.25) is 0 Å². The fraction of sp³-hybridized carbons (Fsp3) is 0.640. The molecule has 3 aliphatic rings. The first-order chi connectivity index (χ1) is 15.6. The minimum absolute atomic E-state index is 0.0116. The number of hydrogen-bond donors (Lipinski definition) is 3. The molecule has 0 bridgehead atoms. The summed E-state index contributed by atoms with van der Waals surface area (Å²) in [5.41, 5.74) is 1.82.